The number of Topliss-reactive ketones (excluding diaryl/α,β-unsaturated/α-hetero) is 1. The quantitative estimate of drug-likeness (QED) is 0.727. The third-order valence-electron chi connectivity index (χ3n) is 2.45. The largest absolute Gasteiger partial charge is 0.381 e. The summed E-state index contributed by atoms with van der Waals surface area (Å²) in [6, 6.07) is 9.10. The minimum Gasteiger partial charge on any atom is -0.381 e. The van der Waals surface area contributed by atoms with Crippen LogP contribution in [0, 0.1) is 0 Å². The van der Waals surface area contributed by atoms with E-state index in [0.29, 0.717) is 12.0 Å². The van der Waals surface area contributed by atoms with Crippen LogP contribution in [0.3, 0.4) is 0 Å². The highest BCUT2D eigenvalue weighted by Gasteiger charge is 2.15. The van der Waals surface area contributed by atoms with Crippen molar-refractivity contribution in [3.8, 4) is 0 Å². The van der Waals surface area contributed by atoms with Crippen LogP contribution in [0.2, 0.25) is 0 Å². The van der Waals surface area contributed by atoms with E-state index in [9.17, 15) is 9.90 Å². The minimum absolute atomic E-state index is 0.0744. The molecule has 0 aliphatic carbocycles. The van der Waals surface area contributed by atoms with Gasteiger partial charge in [-0.05, 0) is 12.0 Å². The van der Waals surface area contributed by atoms with Gasteiger partial charge >= 0.3 is 0 Å². The second kappa shape index (κ2) is 6.36. The summed E-state index contributed by atoms with van der Waals surface area (Å²) in [5, 5.41) is 9.74. The smallest absolute Gasteiger partial charge is 0.165 e. The first-order valence-electron chi connectivity index (χ1n) is 5.51. The van der Waals surface area contributed by atoms with Crippen LogP contribution in [0.5, 0.6) is 0 Å². The van der Waals surface area contributed by atoms with E-state index in [4.69, 9.17) is 0 Å². The molecule has 1 aromatic carbocycles. The molecule has 1 N–H and O–H groups in total. The van der Waals surface area contributed by atoms with Crippen molar-refractivity contribution in [3.05, 3.63) is 35.9 Å². The van der Waals surface area contributed by atoms with Crippen molar-refractivity contribution in [2.24, 2.45) is 0 Å². The molecule has 0 aliphatic rings. The number of rotatable bonds is 6. The topological polar surface area (TPSA) is 37.3 Å². The predicted molar refractivity (Wildman–Crippen MR) is 60.6 cm³/mol. The Balaban J connectivity index is 2.46. The van der Waals surface area contributed by atoms with Crippen LogP contribution in [0.15, 0.2) is 30.3 Å². The third kappa shape index (κ3) is 3.84. The van der Waals surface area contributed by atoms with Crippen LogP contribution >= 0.6 is 0 Å². The molecule has 0 aliphatic heterocycles. The van der Waals surface area contributed by atoms with Gasteiger partial charge < -0.3 is 5.11 Å². The molecule has 0 amide bonds. The number of hydrogen-bond donors (Lipinski definition) is 1. The van der Waals surface area contributed by atoms with Gasteiger partial charge in [0.2, 0.25) is 0 Å². The lowest BCUT2D eigenvalue weighted by atomic mass is 10.0. The zero-order chi connectivity index (χ0) is 11.1. The number of aliphatic hydroxyl groups excluding tert-OH is 1. The Morgan fingerprint density at radius 1 is 1.27 bits per heavy atom. The summed E-state index contributed by atoms with van der Waals surface area (Å²) in [6.45, 7) is 2.10. The first-order valence-corrected chi connectivity index (χ1v) is 5.51. The van der Waals surface area contributed by atoms with Crippen molar-refractivity contribution in [1.82, 2.24) is 0 Å². The van der Waals surface area contributed by atoms with Crippen molar-refractivity contribution in [3.63, 3.8) is 0 Å². The number of carbonyl (C=O) groups is 1. The average molecular weight is 206 g/mol. The number of carbonyl (C=O) groups excluding carboxylic acids is 1. The summed E-state index contributed by atoms with van der Waals surface area (Å²) < 4.78 is 0. The Bertz CT molecular complexity index is 293. The second-order valence-electron chi connectivity index (χ2n) is 3.74. The fourth-order valence-corrected chi connectivity index (χ4v) is 1.51. The van der Waals surface area contributed by atoms with Crippen molar-refractivity contribution >= 4 is 5.78 Å². The molecule has 0 saturated carbocycles. The predicted octanol–water partition coefficient (Wildman–Crippen LogP) is 2.87. The van der Waals surface area contributed by atoms with E-state index in [0.717, 1.165) is 19.3 Å². The molecule has 0 heterocycles. The molecule has 1 aromatic rings. The zero-order valence-electron chi connectivity index (χ0n) is 9.15. The molecule has 1 unspecified atom stereocenters. The number of hydrogen-bond acceptors (Lipinski definition) is 2. The molecule has 2 heteroatoms. The lowest BCUT2D eigenvalue weighted by Gasteiger charge is -2.09. The maximum Gasteiger partial charge on any atom is 0.165 e. The van der Waals surface area contributed by atoms with Crippen molar-refractivity contribution in [1.29, 1.82) is 0 Å². The van der Waals surface area contributed by atoms with E-state index in [1.54, 1.807) is 12.1 Å². The summed E-state index contributed by atoms with van der Waals surface area (Å²) in [5.74, 6) is -0.0744. The Kier molecular flexibility index (Phi) is 5.05. The number of benzene rings is 1. The van der Waals surface area contributed by atoms with Gasteiger partial charge in [-0.3, -0.25) is 4.79 Å². The van der Waals surface area contributed by atoms with Crippen LogP contribution in [-0.2, 0) is 4.79 Å². The maximum atomic E-state index is 11.6. The normalized spacial score (nSPS) is 12.4. The number of unbranched alkanes of at least 4 members (excludes halogenated alkanes) is 2. The summed E-state index contributed by atoms with van der Waals surface area (Å²) in [4.78, 5) is 11.6. The van der Waals surface area contributed by atoms with E-state index >= 15 is 0 Å². The van der Waals surface area contributed by atoms with Gasteiger partial charge in [-0.1, -0.05) is 50.1 Å². The van der Waals surface area contributed by atoms with Crippen LogP contribution < -0.4 is 0 Å². The molecular formula is C13H18O2. The van der Waals surface area contributed by atoms with Crippen LogP contribution in [0.1, 0.15) is 44.3 Å². The molecule has 0 fully saturated rings. The number of aliphatic hydroxyl groups is 1. The SMILES string of the molecule is CCCCCC(=O)C(O)c1ccccc1. The maximum absolute atomic E-state index is 11.6. The highest BCUT2D eigenvalue weighted by Crippen LogP contribution is 2.16. The molecule has 2 nitrogen and oxygen atoms in total. The van der Waals surface area contributed by atoms with Gasteiger partial charge in [0, 0.05) is 6.42 Å². The Labute approximate surface area is 90.9 Å². The molecular weight excluding hydrogens is 188 g/mol. The molecule has 15 heavy (non-hydrogen) atoms. The van der Waals surface area contributed by atoms with Crippen molar-refractivity contribution in [2.45, 2.75) is 38.7 Å². The number of ketones is 1. The molecule has 1 atom stereocenters. The second-order valence-corrected chi connectivity index (χ2v) is 3.74. The monoisotopic (exact) mass is 206 g/mol. The highest BCUT2D eigenvalue weighted by atomic mass is 16.3. The van der Waals surface area contributed by atoms with Gasteiger partial charge in [0.05, 0.1) is 0 Å². The van der Waals surface area contributed by atoms with Crippen molar-refractivity contribution in [2.75, 3.05) is 0 Å². The first kappa shape index (κ1) is 11.9. The summed E-state index contributed by atoms with van der Waals surface area (Å²) in [7, 11) is 0. The molecule has 82 valence electrons. The van der Waals surface area contributed by atoms with E-state index < -0.39 is 6.10 Å². The van der Waals surface area contributed by atoms with Crippen LogP contribution in [0.25, 0.3) is 0 Å². The summed E-state index contributed by atoms with van der Waals surface area (Å²) in [5.41, 5.74) is 0.694. The van der Waals surface area contributed by atoms with E-state index in [1.165, 1.54) is 0 Å². The van der Waals surface area contributed by atoms with E-state index in [1.807, 2.05) is 18.2 Å². The Hall–Kier alpha value is -1.15. The average Bonchev–Trinajstić information content (AvgIpc) is 2.29. The third-order valence-corrected chi connectivity index (χ3v) is 2.45. The zero-order valence-corrected chi connectivity index (χ0v) is 9.15. The molecule has 0 bridgehead atoms. The van der Waals surface area contributed by atoms with Crippen LogP contribution in [-0.4, -0.2) is 10.9 Å². The highest BCUT2D eigenvalue weighted by molar-refractivity contribution is 5.84. The van der Waals surface area contributed by atoms with Gasteiger partial charge in [-0.25, -0.2) is 0 Å². The van der Waals surface area contributed by atoms with Crippen LogP contribution in [0.4, 0.5) is 0 Å². The fraction of sp³-hybridized carbons (Fsp3) is 0.462. The molecule has 0 spiro atoms. The Morgan fingerprint density at radius 3 is 2.53 bits per heavy atom. The van der Waals surface area contributed by atoms with Gasteiger partial charge in [0.15, 0.2) is 5.78 Å². The minimum atomic E-state index is -0.942. The molecule has 0 saturated heterocycles. The lowest BCUT2D eigenvalue weighted by Crippen LogP contribution is -2.11. The van der Waals surface area contributed by atoms with Gasteiger partial charge in [0.1, 0.15) is 6.10 Å². The fourth-order valence-electron chi connectivity index (χ4n) is 1.51. The van der Waals surface area contributed by atoms with Gasteiger partial charge in [-0.15, -0.1) is 0 Å². The molecule has 1 rings (SSSR count). The van der Waals surface area contributed by atoms with E-state index in [2.05, 4.69) is 6.92 Å². The summed E-state index contributed by atoms with van der Waals surface area (Å²) in [6.07, 6.45) is 2.55. The Morgan fingerprint density at radius 2 is 1.93 bits per heavy atom. The lowest BCUT2D eigenvalue weighted by molar-refractivity contribution is -0.127. The summed E-state index contributed by atoms with van der Waals surface area (Å²) >= 11 is 0. The molecule has 0 radical (unpaired) electrons. The van der Waals surface area contributed by atoms with Gasteiger partial charge in [0.25, 0.3) is 0 Å². The first-order chi connectivity index (χ1) is 7.25. The van der Waals surface area contributed by atoms with Gasteiger partial charge in [-0.2, -0.15) is 0 Å². The van der Waals surface area contributed by atoms with Crippen molar-refractivity contribution < 1.29 is 9.90 Å². The standard InChI is InChI=1S/C13H18O2/c1-2-3-5-10-12(14)13(15)11-8-6-4-7-9-11/h4,6-9,13,15H,2-3,5,10H2,1H3. The molecule has 0 aromatic heterocycles. The van der Waals surface area contributed by atoms with E-state index in [-0.39, 0.29) is 5.78 Å².